The number of likely N-dealkylation sites (N-methyl/N-ethyl adjacent to an activating group) is 1. The Morgan fingerprint density at radius 2 is 1.72 bits per heavy atom. The summed E-state index contributed by atoms with van der Waals surface area (Å²) in [5.74, 6) is -0.638. The number of carbonyl (C=O) groups is 2. The second-order valence-electron chi connectivity index (χ2n) is 8.46. The highest BCUT2D eigenvalue weighted by atomic mass is 19.4. The van der Waals surface area contributed by atoms with Crippen LogP contribution in [0.15, 0.2) is 48.5 Å². The normalized spacial score (nSPS) is 16.0. The van der Waals surface area contributed by atoms with E-state index in [9.17, 15) is 22.8 Å². The van der Waals surface area contributed by atoms with Crippen LogP contribution < -0.4 is 4.74 Å². The number of alkyl halides is 3. The fourth-order valence-electron chi connectivity index (χ4n) is 3.92. The largest absolute Gasteiger partial charge is 0.573 e. The molecule has 5 nitrogen and oxygen atoms in total. The first-order valence-corrected chi connectivity index (χ1v) is 10.5. The van der Waals surface area contributed by atoms with Crippen LogP contribution in [0.25, 0.3) is 0 Å². The Hall–Kier alpha value is -3.03. The molecule has 172 valence electrons. The molecule has 2 aromatic carbocycles. The number of ether oxygens (including phenoxy) is 1. The van der Waals surface area contributed by atoms with E-state index < -0.39 is 12.4 Å². The van der Waals surface area contributed by atoms with Crippen molar-refractivity contribution >= 4 is 11.8 Å². The van der Waals surface area contributed by atoms with Crippen LogP contribution in [0.3, 0.4) is 0 Å². The molecule has 0 bridgehead atoms. The third-order valence-electron chi connectivity index (χ3n) is 5.42. The lowest BCUT2D eigenvalue weighted by molar-refractivity contribution is -0.275. The summed E-state index contributed by atoms with van der Waals surface area (Å²) in [4.78, 5) is 29.3. The van der Waals surface area contributed by atoms with Gasteiger partial charge in [-0.15, -0.1) is 13.2 Å². The second kappa shape index (κ2) is 9.63. The van der Waals surface area contributed by atoms with Gasteiger partial charge in [-0.2, -0.15) is 0 Å². The number of halogens is 3. The summed E-state index contributed by atoms with van der Waals surface area (Å²) >= 11 is 0. The van der Waals surface area contributed by atoms with E-state index in [1.807, 2.05) is 38.1 Å². The molecule has 0 saturated heterocycles. The standard InChI is InChI=1S/C24H27F3N2O3/c1-16(2)12-22(30)29-15-18-9-5-4-8-17(18)13-20(29)23(31)28(3)14-19-10-6-7-11-21(19)32-24(25,26)27/h4-11,16,20H,12-15H2,1-3H3. The molecular weight excluding hydrogens is 421 g/mol. The Labute approximate surface area is 185 Å². The summed E-state index contributed by atoms with van der Waals surface area (Å²) in [6.45, 7) is 4.14. The van der Waals surface area contributed by atoms with Crippen LogP contribution in [0.1, 0.15) is 37.0 Å². The van der Waals surface area contributed by atoms with Crippen molar-refractivity contribution in [1.82, 2.24) is 9.80 Å². The molecule has 2 amide bonds. The van der Waals surface area contributed by atoms with Gasteiger partial charge in [-0.3, -0.25) is 9.59 Å². The molecule has 3 rings (SSSR count). The fraction of sp³-hybridized carbons (Fsp3) is 0.417. The number of hydrogen-bond donors (Lipinski definition) is 0. The van der Waals surface area contributed by atoms with Gasteiger partial charge in [0.05, 0.1) is 0 Å². The third-order valence-corrected chi connectivity index (χ3v) is 5.42. The van der Waals surface area contributed by atoms with Gasteiger partial charge in [0.15, 0.2) is 0 Å². The molecule has 1 heterocycles. The van der Waals surface area contributed by atoms with Gasteiger partial charge in [-0.1, -0.05) is 56.3 Å². The second-order valence-corrected chi connectivity index (χ2v) is 8.46. The maximum Gasteiger partial charge on any atom is 0.573 e. The number of benzene rings is 2. The molecular formula is C24H27F3N2O3. The van der Waals surface area contributed by atoms with Crippen LogP contribution >= 0.6 is 0 Å². The van der Waals surface area contributed by atoms with Crippen molar-refractivity contribution in [2.75, 3.05) is 7.05 Å². The van der Waals surface area contributed by atoms with E-state index in [2.05, 4.69) is 4.74 Å². The van der Waals surface area contributed by atoms with Gasteiger partial charge in [0.2, 0.25) is 11.8 Å². The lowest BCUT2D eigenvalue weighted by Crippen LogP contribution is -2.53. The van der Waals surface area contributed by atoms with E-state index in [-0.39, 0.29) is 35.6 Å². The van der Waals surface area contributed by atoms with Crippen molar-refractivity contribution in [2.24, 2.45) is 5.92 Å². The van der Waals surface area contributed by atoms with Gasteiger partial charge in [0, 0.05) is 38.5 Å². The topological polar surface area (TPSA) is 49.9 Å². The Morgan fingerprint density at radius 1 is 1.09 bits per heavy atom. The summed E-state index contributed by atoms with van der Waals surface area (Å²) in [5.41, 5.74) is 2.23. The average molecular weight is 448 g/mol. The van der Waals surface area contributed by atoms with Gasteiger partial charge in [-0.25, -0.2) is 0 Å². The van der Waals surface area contributed by atoms with Crippen molar-refractivity contribution in [2.45, 2.75) is 52.2 Å². The van der Waals surface area contributed by atoms with Crippen LogP contribution in [-0.2, 0) is 29.1 Å². The van der Waals surface area contributed by atoms with E-state index in [0.717, 1.165) is 11.1 Å². The molecule has 1 unspecified atom stereocenters. The van der Waals surface area contributed by atoms with Crippen molar-refractivity contribution in [1.29, 1.82) is 0 Å². The summed E-state index contributed by atoms with van der Waals surface area (Å²) in [6, 6.07) is 12.7. The van der Waals surface area contributed by atoms with Gasteiger partial charge in [-0.05, 0) is 23.1 Å². The molecule has 0 spiro atoms. The average Bonchev–Trinajstić information content (AvgIpc) is 2.72. The number of amides is 2. The summed E-state index contributed by atoms with van der Waals surface area (Å²) in [5, 5.41) is 0. The zero-order valence-corrected chi connectivity index (χ0v) is 18.4. The van der Waals surface area contributed by atoms with Crippen molar-refractivity contribution in [3.05, 3.63) is 65.2 Å². The number of nitrogens with zero attached hydrogens (tertiary/aromatic N) is 2. The lowest BCUT2D eigenvalue weighted by Gasteiger charge is -2.38. The molecule has 0 radical (unpaired) electrons. The molecule has 1 atom stereocenters. The van der Waals surface area contributed by atoms with Gasteiger partial charge < -0.3 is 14.5 Å². The number of hydrogen-bond acceptors (Lipinski definition) is 3. The number of rotatable bonds is 6. The van der Waals surface area contributed by atoms with Crippen LogP contribution in [0.2, 0.25) is 0 Å². The molecule has 1 aliphatic heterocycles. The molecule has 8 heteroatoms. The van der Waals surface area contributed by atoms with Crippen molar-refractivity contribution < 1.29 is 27.5 Å². The van der Waals surface area contributed by atoms with E-state index >= 15 is 0 Å². The summed E-state index contributed by atoms with van der Waals surface area (Å²) in [7, 11) is 1.53. The molecule has 0 aromatic heterocycles. The van der Waals surface area contributed by atoms with Crippen LogP contribution in [0.5, 0.6) is 5.75 Å². The molecule has 1 aliphatic rings. The van der Waals surface area contributed by atoms with Crippen molar-refractivity contribution in [3.8, 4) is 5.75 Å². The molecule has 32 heavy (non-hydrogen) atoms. The maximum absolute atomic E-state index is 13.4. The van der Waals surface area contributed by atoms with E-state index in [1.54, 1.807) is 11.0 Å². The van der Waals surface area contributed by atoms with Gasteiger partial charge in [0.1, 0.15) is 11.8 Å². The number of para-hydroxylation sites is 1. The monoisotopic (exact) mass is 448 g/mol. The molecule has 0 fully saturated rings. The van der Waals surface area contributed by atoms with Gasteiger partial charge >= 0.3 is 6.36 Å². The minimum Gasteiger partial charge on any atom is -0.405 e. The van der Waals surface area contributed by atoms with E-state index in [1.165, 1.54) is 30.1 Å². The fourth-order valence-corrected chi connectivity index (χ4v) is 3.92. The number of carbonyl (C=O) groups excluding carboxylic acids is 2. The Bertz CT molecular complexity index is 975. The quantitative estimate of drug-likeness (QED) is 0.652. The predicted octanol–water partition coefficient (Wildman–Crippen LogP) is 4.54. The lowest BCUT2D eigenvalue weighted by atomic mass is 9.92. The van der Waals surface area contributed by atoms with E-state index in [0.29, 0.717) is 19.4 Å². The van der Waals surface area contributed by atoms with Crippen molar-refractivity contribution in [3.63, 3.8) is 0 Å². The highest BCUT2D eigenvalue weighted by molar-refractivity contribution is 5.88. The Morgan fingerprint density at radius 3 is 2.38 bits per heavy atom. The first-order valence-electron chi connectivity index (χ1n) is 10.5. The smallest absolute Gasteiger partial charge is 0.405 e. The van der Waals surface area contributed by atoms with Crippen LogP contribution in [0.4, 0.5) is 13.2 Å². The highest BCUT2D eigenvalue weighted by Gasteiger charge is 2.37. The third kappa shape index (κ3) is 5.81. The number of fused-ring (bicyclic) bond motifs is 1. The first kappa shape index (κ1) is 23.6. The Balaban J connectivity index is 1.83. The van der Waals surface area contributed by atoms with Gasteiger partial charge in [0.25, 0.3) is 0 Å². The SMILES string of the molecule is CC(C)CC(=O)N1Cc2ccccc2CC1C(=O)N(C)Cc1ccccc1OC(F)(F)F. The zero-order valence-electron chi connectivity index (χ0n) is 18.4. The minimum atomic E-state index is -4.83. The predicted molar refractivity (Wildman–Crippen MR) is 114 cm³/mol. The zero-order chi connectivity index (χ0) is 23.5. The summed E-state index contributed by atoms with van der Waals surface area (Å²) < 4.78 is 42.3. The van der Waals surface area contributed by atoms with Crippen LogP contribution in [0, 0.1) is 5.92 Å². The minimum absolute atomic E-state index is 0.0740. The van der Waals surface area contributed by atoms with E-state index in [4.69, 9.17) is 0 Å². The maximum atomic E-state index is 13.4. The Kier molecular flexibility index (Phi) is 7.11. The summed E-state index contributed by atoms with van der Waals surface area (Å²) in [6.07, 6.45) is -4.15. The molecule has 0 N–H and O–H groups in total. The first-order chi connectivity index (χ1) is 15.0. The molecule has 2 aromatic rings. The molecule has 0 aliphatic carbocycles. The molecule has 0 saturated carbocycles. The highest BCUT2D eigenvalue weighted by Crippen LogP contribution is 2.29. The van der Waals surface area contributed by atoms with Crippen LogP contribution in [-0.4, -0.2) is 41.1 Å².